The quantitative estimate of drug-likeness (QED) is 0.459. The number of hydrogen-bond acceptors (Lipinski definition) is 3. The predicted molar refractivity (Wildman–Crippen MR) is 130 cm³/mol. The van der Waals surface area contributed by atoms with Crippen LogP contribution in [0.25, 0.3) is 0 Å². The first-order chi connectivity index (χ1) is 16.2. The van der Waals surface area contributed by atoms with Crippen molar-refractivity contribution in [3.05, 3.63) is 107 Å². The van der Waals surface area contributed by atoms with Gasteiger partial charge in [-0.15, -0.1) is 0 Å². The third-order valence-corrected chi connectivity index (χ3v) is 7.40. The van der Waals surface area contributed by atoms with Crippen molar-refractivity contribution in [1.82, 2.24) is 9.80 Å². The summed E-state index contributed by atoms with van der Waals surface area (Å²) in [4.78, 5) is 17.7. The van der Waals surface area contributed by atoms with E-state index in [9.17, 15) is 9.18 Å². The van der Waals surface area contributed by atoms with Crippen molar-refractivity contribution < 1.29 is 9.18 Å². The van der Waals surface area contributed by atoms with Crippen LogP contribution in [0, 0.1) is 5.82 Å². The van der Waals surface area contributed by atoms with Gasteiger partial charge in [-0.25, -0.2) is 4.39 Å². The highest BCUT2D eigenvalue weighted by molar-refractivity contribution is 5.96. The van der Waals surface area contributed by atoms with E-state index in [1.54, 1.807) is 12.1 Å². The zero-order chi connectivity index (χ0) is 22.6. The maximum absolute atomic E-state index is 13.1. The van der Waals surface area contributed by atoms with Crippen molar-refractivity contribution in [2.45, 2.75) is 37.3 Å². The number of rotatable bonds is 7. The number of fused-ring (bicyclic) bond motifs is 2. The molecule has 0 spiro atoms. The molecule has 0 N–H and O–H groups in total. The van der Waals surface area contributed by atoms with E-state index in [0.717, 1.165) is 39.0 Å². The first kappa shape index (κ1) is 22.0. The summed E-state index contributed by atoms with van der Waals surface area (Å²) in [5.74, 6) is 0.169. The van der Waals surface area contributed by atoms with E-state index in [0.29, 0.717) is 30.0 Å². The third kappa shape index (κ3) is 4.92. The molecule has 3 atom stereocenters. The highest BCUT2D eigenvalue weighted by Gasteiger charge is 2.39. The van der Waals surface area contributed by atoms with E-state index in [1.165, 1.54) is 23.3 Å². The first-order valence-corrected chi connectivity index (χ1v) is 12.1. The molecular formula is C29H31FN2O. The molecule has 2 bridgehead atoms. The number of Topliss-reactive ketones (excluding diaryl/α,β-unsaturated/α-hetero) is 1. The van der Waals surface area contributed by atoms with Crippen molar-refractivity contribution in [2.24, 2.45) is 0 Å². The van der Waals surface area contributed by atoms with Crippen LogP contribution in [-0.2, 0) is 0 Å². The SMILES string of the molecule is O=C(CCN1CCN2CC1CCC2C(c1ccccc1)c1ccccc1)c1ccc(F)cc1. The Balaban J connectivity index is 1.25. The number of benzene rings is 3. The molecule has 0 aromatic heterocycles. The standard InChI is InChI=1S/C29H31FN2O/c30-25-13-11-22(12-14-25)28(33)17-18-31-19-20-32-21-26(31)15-16-27(32)29(23-7-3-1-4-8-23)24-9-5-2-6-10-24/h1-14,26-27,29H,15-21H2. The lowest BCUT2D eigenvalue weighted by Crippen LogP contribution is -2.60. The summed E-state index contributed by atoms with van der Waals surface area (Å²) in [7, 11) is 0. The van der Waals surface area contributed by atoms with Crippen molar-refractivity contribution in [3.63, 3.8) is 0 Å². The molecule has 3 aromatic carbocycles. The zero-order valence-corrected chi connectivity index (χ0v) is 18.9. The molecule has 2 fully saturated rings. The van der Waals surface area contributed by atoms with E-state index in [-0.39, 0.29) is 11.6 Å². The number of piperidine rings is 1. The minimum Gasteiger partial charge on any atom is -0.297 e. The average Bonchev–Trinajstić information content (AvgIpc) is 2.87. The van der Waals surface area contributed by atoms with Crippen LogP contribution in [0.2, 0.25) is 0 Å². The monoisotopic (exact) mass is 442 g/mol. The zero-order valence-electron chi connectivity index (χ0n) is 18.9. The largest absolute Gasteiger partial charge is 0.297 e. The topological polar surface area (TPSA) is 23.6 Å². The van der Waals surface area contributed by atoms with E-state index in [1.807, 2.05) is 0 Å². The number of halogens is 1. The molecule has 3 unspecified atom stereocenters. The molecule has 0 radical (unpaired) electrons. The summed E-state index contributed by atoms with van der Waals surface area (Å²) in [6, 6.07) is 28.7. The minimum absolute atomic E-state index is 0.0966. The van der Waals surface area contributed by atoms with Crippen molar-refractivity contribution in [1.29, 1.82) is 0 Å². The molecule has 0 amide bonds. The fourth-order valence-corrected chi connectivity index (χ4v) is 5.69. The Bertz CT molecular complexity index is 1010. The smallest absolute Gasteiger partial charge is 0.164 e. The van der Waals surface area contributed by atoms with Crippen LogP contribution < -0.4 is 0 Å². The van der Waals surface area contributed by atoms with Crippen LogP contribution in [0.4, 0.5) is 4.39 Å². The first-order valence-electron chi connectivity index (χ1n) is 12.1. The number of hydrogen-bond donors (Lipinski definition) is 0. The Labute approximate surface area is 195 Å². The summed E-state index contributed by atoms with van der Waals surface area (Å²) < 4.78 is 13.1. The lowest BCUT2D eigenvalue weighted by molar-refractivity contribution is 0.000586. The van der Waals surface area contributed by atoms with Crippen LogP contribution in [-0.4, -0.2) is 53.8 Å². The van der Waals surface area contributed by atoms with Crippen LogP contribution in [0.5, 0.6) is 0 Å². The molecule has 2 saturated heterocycles. The molecule has 4 heteroatoms. The van der Waals surface area contributed by atoms with E-state index in [4.69, 9.17) is 0 Å². The van der Waals surface area contributed by atoms with Gasteiger partial charge in [0.15, 0.2) is 5.78 Å². The maximum Gasteiger partial charge on any atom is 0.164 e. The van der Waals surface area contributed by atoms with Gasteiger partial charge in [-0.1, -0.05) is 60.7 Å². The van der Waals surface area contributed by atoms with Gasteiger partial charge in [0.05, 0.1) is 0 Å². The fourth-order valence-electron chi connectivity index (χ4n) is 5.69. The molecule has 2 aliphatic rings. The van der Waals surface area contributed by atoms with Gasteiger partial charge < -0.3 is 0 Å². The molecular weight excluding hydrogens is 411 g/mol. The molecule has 2 aliphatic heterocycles. The van der Waals surface area contributed by atoms with Crippen LogP contribution in [0.15, 0.2) is 84.9 Å². The van der Waals surface area contributed by atoms with Gasteiger partial charge in [0.1, 0.15) is 5.82 Å². The molecule has 170 valence electrons. The number of piperazine rings is 1. The molecule has 5 rings (SSSR count). The predicted octanol–water partition coefficient (Wildman–Crippen LogP) is 5.38. The molecule has 33 heavy (non-hydrogen) atoms. The summed E-state index contributed by atoms with van der Waals surface area (Å²) in [6.07, 6.45) is 2.80. The Kier molecular flexibility index (Phi) is 6.65. The van der Waals surface area contributed by atoms with E-state index in [2.05, 4.69) is 70.5 Å². The van der Waals surface area contributed by atoms with Crippen molar-refractivity contribution in [2.75, 3.05) is 26.2 Å². The van der Waals surface area contributed by atoms with Crippen molar-refractivity contribution in [3.8, 4) is 0 Å². The van der Waals surface area contributed by atoms with Gasteiger partial charge in [0.25, 0.3) is 0 Å². The van der Waals surface area contributed by atoms with E-state index >= 15 is 0 Å². The summed E-state index contributed by atoms with van der Waals surface area (Å²) in [5.41, 5.74) is 3.38. The Hall–Kier alpha value is -2.82. The summed E-state index contributed by atoms with van der Waals surface area (Å²) in [6.45, 7) is 3.86. The molecule has 2 heterocycles. The lowest BCUT2D eigenvalue weighted by Gasteiger charge is -2.51. The fraction of sp³-hybridized carbons (Fsp3) is 0.345. The maximum atomic E-state index is 13.1. The molecule has 3 aromatic rings. The van der Waals surface area contributed by atoms with Gasteiger partial charge in [-0.05, 0) is 48.2 Å². The second-order valence-electron chi connectivity index (χ2n) is 9.31. The number of ketones is 1. The Morgan fingerprint density at radius 2 is 1.48 bits per heavy atom. The third-order valence-electron chi connectivity index (χ3n) is 7.40. The van der Waals surface area contributed by atoms with Gasteiger partial charge in [-0.2, -0.15) is 0 Å². The number of carbonyl (C=O) groups is 1. The van der Waals surface area contributed by atoms with Gasteiger partial charge in [-0.3, -0.25) is 14.6 Å². The van der Waals surface area contributed by atoms with Gasteiger partial charge >= 0.3 is 0 Å². The number of nitrogens with zero attached hydrogens (tertiary/aromatic N) is 2. The highest BCUT2D eigenvalue weighted by atomic mass is 19.1. The summed E-state index contributed by atoms with van der Waals surface area (Å²) >= 11 is 0. The van der Waals surface area contributed by atoms with Crippen LogP contribution >= 0.6 is 0 Å². The Morgan fingerprint density at radius 1 is 0.848 bits per heavy atom. The molecule has 0 saturated carbocycles. The van der Waals surface area contributed by atoms with Crippen LogP contribution in [0.1, 0.15) is 46.7 Å². The Morgan fingerprint density at radius 3 is 2.12 bits per heavy atom. The normalized spacial score (nSPS) is 22.9. The summed E-state index contributed by atoms with van der Waals surface area (Å²) in [5, 5.41) is 0. The second-order valence-corrected chi connectivity index (χ2v) is 9.31. The highest BCUT2D eigenvalue weighted by Crippen LogP contribution is 2.37. The second kappa shape index (κ2) is 9.98. The molecule has 3 nitrogen and oxygen atoms in total. The molecule has 0 aliphatic carbocycles. The van der Waals surface area contributed by atoms with Crippen molar-refractivity contribution >= 4 is 5.78 Å². The van der Waals surface area contributed by atoms with Gasteiger partial charge in [0, 0.05) is 56.2 Å². The minimum atomic E-state index is -0.302. The average molecular weight is 443 g/mol. The van der Waals surface area contributed by atoms with Crippen LogP contribution in [0.3, 0.4) is 0 Å². The van der Waals surface area contributed by atoms with Gasteiger partial charge in [0.2, 0.25) is 0 Å². The number of carbonyl (C=O) groups excluding carboxylic acids is 1. The lowest BCUT2D eigenvalue weighted by atomic mass is 9.79. The van der Waals surface area contributed by atoms with E-state index < -0.39 is 0 Å².